The highest BCUT2D eigenvalue weighted by molar-refractivity contribution is 5.33. The molecular weight excluding hydrogens is 242 g/mol. The highest BCUT2D eigenvalue weighted by Gasteiger charge is 2.31. The lowest BCUT2D eigenvalue weighted by atomic mass is 9.75. The van der Waals surface area contributed by atoms with Crippen LogP contribution in [0.1, 0.15) is 72.1 Å². The number of hydrogen-bond acceptors (Lipinski definition) is 1. The molecule has 2 aliphatic carbocycles. The molecule has 0 fully saturated rings. The Morgan fingerprint density at radius 3 is 2.70 bits per heavy atom. The fraction of sp³-hybridized carbons (Fsp3) is 0.684. The summed E-state index contributed by atoms with van der Waals surface area (Å²) in [5.74, 6) is 0.798. The molecule has 1 heteroatoms. The van der Waals surface area contributed by atoms with Gasteiger partial charge in [0.1, 0.15) is 0 Å². The average Bonchev–Trinajstić information content (AvgIpc) is 2.82. The molecule has 2 unspecified atom stereocenters. The fourth-order valence-electron chi connectivity index (χ4n) is 3.86. The highest BCUT2D eigenvalue weighted by Crippen LogP contribution is 2.38. The number of nitrogens with two attached hydrogens (primary N) is 1. The van der Waals surface area contributed by atoms with E-state index < -0.39 is 0 Å². The summed E-state index contributed by atoms with van der Waals surface area (Å²) in [7, 11) is 0. The third-order valence-electron chi connectivity index (χ3n) is 5.00. The van der Waals surface area contributed by atoms with Crippen LogP contribution < -0.4 is 5.73 Å². The molecule has 0 saturated heterocycles. The zero-order chi connectivity index (χ0) is 14.6. The van der Waals surface area contributed by atoms with Crippen LogP contribution in [0.2, 0.25) is 0 Å². The van der Waals surface area contributed by atoms with E-state index in [9.17, 15) is 0 Å². The molecule has 20 heavy (non-hydrogen) atoms. The second kappa shape index (κ2) is 6.76. The van der Waals surface area contributed by atoms with Crippen LogP contribution in [0.5, 0.6) is 0 Å². The predicted octanol–water partition coefficient (Wildman–Crippen LogP) is 5.29. The molecule has 2 N–H and O–H groups in total. The molecule has 112 valence electrons. The maximum atomic E-state index is 6.67. The van der Waals surface area contributed by atoms with Crippen LogP contribution in [0.15, 0.2) is 34.9 Å². The lowest BCUT2D eigenvalue weighted by Crippen LogP contribution is -2.42. The first-order chi connectivity index (χ1) is 9.56. The van der Waals surface area contributed by atoms with E-state index in [0.717, 1.165) is 31.6 Å². The maximum Gasteiger partial charge on any atom is 0.0195 e. The molecule has 0 aromatic heterocycles. The maximum absolute atomic E-state index is 6.67. The van der Waals surface area contributed by atoms with E-state index in [1.165, 1.54) is 25.7 Å². The van der Waals surface area contributed by atoms with Gasteiger partial charge in [0.25, 0.3) is 0 Å². The summed E-state index contributed by atoms with van der Waals surface area (Å²) >= 11 is 0. The van der Waals surface area contributed by atoms with Gasteiger partial charge in [0.2, 0.25) is 0 Å². The van der Waals surface area contributed by atoms with Gasteiger partial charge in [0, 0.05) is 5.54 Å². The summed E-state index contributed by atoms with van der Waals surface area (Å²) in [6.07, 6.45) is 16.6. The predicted molar refractivity (Wildman–Crippen MR) is 88.6 cm³/mol. The Hall–Kier alpha value is -0.820. The van der Waals surface area contributed by atoms with Gasteiger partial charge in [0.15, 0.2) is 0 Å². The molecule has 0 saturated carbocycles. The van der Waals surface area contributed by atoms with Gasteiger partial charge in [-0.1, -0.05) is 37.6 Å². The Bertz CT molecular complexity index is 427. The Morgan fingerprint density at radius 2 is 2.20 bits per heavy atom. The van der Waals surface area contributed by atoms with Crippen molar-refractivity contribution in [1.29, 1.82) is 0 Å². The first-order valence-corrected chi connectivity index (χ1v) is 8.39. The quantitative estimate of drug-likeness (QED) is 0.677. The van der Waals surface area contributed by atoms with Crippen molar-refractivity contribution in [3.8, 4) is 0 Å². The van der Waals surface area contributed by atoms with Crippen molar-refractivity contribution < 1.29 is 0 Å². The van der Waals surface area contributed by atoms with Gasteiger partial charge in [-0.05, 0) is 75.4 Å². The lowest BCUT2D eigenvalue weighted by Gasteiger charge is -2.35. The monoisotopic (exact) mass is 273 g/mol. The molecule has 0 spiro atoms. The van der Waals surface area contributed by atoms with Crippen LogP contribution in [-0.2, 0) is 0 Å². The highest BCUT2D eigenvalue weighted by atomic mass is 14.7. The number of hydrogen-bond donors (Lipinski definition) is 1. The molecule has 0 amide bonds. The van der Waals surface area contributed by atoms with E-state index in [1.807, 2.05) is 0 Å². The van der Waals surface area contributed by atoms with Crippen LogP contribution in [0, 0.1) is 5.92 Å². The van der Waals surface area contributed by atoms with E-state index in [-0.39, 0.29) is 5.54 Å². The van der Waals surface area contributed by atoms with Crippen molar-refractivity contribution in [2.45, 2.75) is 77.7 Å². The molecule has 2 aliphatic rings. The van der Waals surface area contributed by atoms with E-state index in [0.29, 0.717) is 0 Å². The van der Waals surface area contributed by atoms with Crippen molar-refractivity contribution in [2.75, 3.05) is 0 Å². The fourth-order valence-corrected chi connectivity index (χ4v) is 3.86. The standard InChI is InChI=1S/C19H31N/c1-4-6-17(5-2)18-9-11-19(20,12-10-18)14-16-8-7-15(3)13-16/h6-7,9,16H,4-5,8,10-14,20H2,1-3H3/b17-6+. The second-order valence-electron chi connectivity index (χ2n) is 6.85. The zero-order valence-electron chi connectivity index (χ0n) is 13.5. The average molecular weight is 273 g/mol. The summed E-state index contributed by atoms with van der Waals surface area (Å²) in [6, 6.07) is 0. The first-order valence-electron chi connectivity index (χ1n) is 8.39. The lowest BCUT2D eigenvalue weighted by molar-refractivity contribution is 0.295. The van der Waals surface area contributed by atoms with Gasteiger partial charge < -0.3 is 5.73 Å². The van der Waals surface area contributed by atoms with Crippen LogP contribution in [0.3, 0.4) is 0 Å². The number of rotatable bonds is 5. The molecule has 0 aromatic rings. The van der Waals surface area contributed by atoms with Gasteiger partial charge in [-0.25, -0.2) is 0 Å². The van der Waals surface area contributed by atoms with Crippen LogP contribution in [0.25, 0.3) is 0 Å². The third kappa shape index (κ3) is 3.85. The Balaban J connectivity index is 1.94. The van der Waals surface area contributed by atoms with E-state index in [4.69, 9.17) is 5.73 Å². The molecule has 0 aromatic carbocycles. The summed E-state index contributed by atoms with van der Waals surface area (Å²) in [5, 5.41) is 0. The summed E-state index contributed by atoms with van der Waals surface area (Å²) < 4.78 is 0. The van der Waals surface area contributed by atoms with Crippen molar-refractivity contribution in [1.82, 2.24) is 0 Å². The van der Waals surface area contributed by atoms with Crippen molar-refractivity contribution in [2.24, 2.45) is 11.7 Å². The topological polar surface area (TPSA) is 26.0 Å². The molecule has 2 rings (SSSR count). The Labute approximate surface area is 125 Å². The van der Waals surface area contributed by atoms with Crippen molar-refractivity contribution in [3.05, 3.63) is 34.9 Å². The summed E-state index contributed by atoms with van der Waals surface area (Å²) in [5.41, 5.74) is 11.4. The molecule has 0 bridgehead atoms. The molecule has 0 aliphatic heterocycles. The molecule has 0 heterocycles. The summed E-state index contributed by atoms with van der Waals surface area (Å²) in [4.78, 5) is 0. The Morgan fingerprint density at radius 1 is 1.40 bits per heavy atom. The van der Waals surface area contributed by atoms with Crippen LogP contribution in [0.4, 0.5) is 0 Å². The van der Waals surface area contributed by atoms with Crippen molar-refractivity contribution >= 4 is 0 Å². The van der Waals surface area contributed by atoms with E-state index in [1.54, 1.807) is 16.7 Å². The van der Waals surface area contributed by atoms with Crippen molar-refractivity contribution in [3.63, 3.8) is 0 Å². The minimum atomic E-state index is 0.0533. The second-order valence-corrected chi connectivity index (χ2v) is 6.85. The van der Waals surface area contributed by atoms with E-state index >= 15 is 0 Å². The van der Waals surface area contributed by atoms with Crippen LogP contribution in [-0.4, -0.2) is 5.54 Å². The largest absolute Gasteiger partial charge is 0.325 e. The van der Waals surface area contributed by atoms with Gasteiger partial charge in [0.05, 0.1) is 0 Å². The Kier molecular flexibility index (Phi) is 5.26. The summed E-state index contributed by atoms with van der Waals surface area (Å²) in [6.45, 7) is 6.74. The van der Waals surface area contributed by atoms with Crippen LogP contribution >= 0.6 is 0 Å². The normalized spacial score (nSPS) is 31.2. The first kappa shape index (κ1) is 15.6. The molecule has 1 nitrogen and oxygen atoms in total. The molecular formula is C19H31N. The molecule has 0 radical (unpaired) electrons. The molecule has 2 atom stereocenters. The van der Waals surface area contributed by atoms with E-state index in [2.05, 4.69) is 39.0 Å². The minimum Gasteiger partial charge on any atom is -0.325 e. The third-order valence-corrected chi connectivity index (χ3v) is 5.00. The minimum absolute atomic E-state index is 0.0533. The van der Waals surface area contributed by atoms with Gasteiger partial charge in [-0.2, -0.15) is 0 Å². The van der Waals surface area contributed by atoms with Gasteiger partial charge in [-0.3, -0.25) is 0 Å². The zero-order valence-corrected chi connectivity index (χ0v) is 13.5. The van der Waals surface area contributed by atoms with Gasteiger partial charge >= 0.3 is 0 Å². The SMILES string of the molecule is CC/C=C(\CC)C1=CCC(N)(CC2CC=C(C)C2)CC1. The smallest absolute Gasteiger partial charge is 0.0195 e. The van der Waals surface area contributed by atoms with Gasteiger partial charge in [-0.15, -0.1) is 0 Å². The number of allylic oxidation sites excluding steroid dienone is 5.